The standard InChI is InChI=1S/C25H19ClO5/c1-16-21(29-15-23(27)30-14-17-7-3-2-4-8-17)12-11-19-24(28)22(31-25(16)19)13-18-9-5-6-10-20(18)26/h2-13H,14-15H2,1H3/b22-13-. The predicted octanol–water partition coefficient (Wildman–Crippen LogP) is 5.39. The smallest absolute Gasteiger partial charge is 0.344 e. The summed E-state index contributed by atoms with van der Waals surface area (Å²) in [4.78, 5) is 24.7. The number of carbonyl (C=O) groups is 2. The van der Waals surface area contributed by atoms with Gasteiger partial charge in [0.05, 0.1) is 5.56 Å². The minimum atomic E-state index is -0.486. The molecule has 0 saturated heterocycles. The summed E-state index contributed by atoms with van der Waals surface area (Å²) in [5.41, 5.74) is 2.66. The zero-order valence-electron chi connectivity index (χ0n) is 16.8. The number of esters is 1. The number of hydrogen-bond acceptors (Lipinski definition) is 5. The maximum absolute atomic E-state index is 12.7. The molecule has 31 heavy (non-hydrogen) atoms. The van der Waals surface area contributed by atoms with Gasteiger partial charge in [-0.2, -0.15) is 0 Å². The summed E-state index contributed by atoms with van der Waals surface area (Å²) < 4.78 is 16.7. The van der Waals surface area contributed by atoms with Gasteiger partial charge >= 0.3 is 5.97 Å². The summed E-state index contributed by atoms with van der Waals surface area (Å²) in [6.07, 6.45) is 1.62. The maximum Gasteiger partial charge on any atom is 0.344 e. The molecule has 0 amide bonds. The third-order valence-corrected chi connectivity index (χ3v) is 5.16. The molecule has 0 unspecified atom stereocenters. The molecule has 0 fully saturated rings. The highest BCUT2D eigenvalue weighted by atomic mass is 35.5. The molecule has 0 radical (unpaired) electrons. The number of halogens is 1. The molecule has 1 aliphatic rings. The molecule has 0 aliphatic carbocycles. The van der Waals surface area contributed by atoms with Gasteiger partial charge in [-0.05, 0) is 42.3 Å². The molecular formula is C25H19ClO5. The maximum atomic E-state index is 12.7. The van der Waals surface area contributed by atoms with Crippen molar-refractivity contribution in [1.82, 2.24) is 0 Å². The van der Waals surface area contributed by atoms with Crippen LogP contribution in [0.5, 0.6) is 11.5 Å². The second-order valence-electron chi connectivity index (χ2n) is 6.96. The average Bonchev–Trinajstić information content (AvgIpc) is 3.10. The largest absolute Gasteiger partial charge is 0.481 e. The van der Waals surface area contributed by atoms with Crippen LogP contribution in [0.3, 0.4) is 0 Å². The van der Waals surface area contributed by atoms with E-state index >= 15 is 0 Å². The first kappa shape index (κ1) is 20.7. The Hall–Kier alpha value is -3.57. The molecule has 5 nitrogen and oxygen atoms in total. The third-order valence-electron chi connectivity index (χ3n) is 4.82. The van der Waals surface area contributed by atoms with Crippen molar-refractivity contribution in [3.05, 3.63) is 99.8 Å². The van der Waals surface area contributed by atoms with Gasteiger partial charge in [0.25, 0.3) is 0 Å². The molecule has 1 heterocycles. The van der Waals surface area contributed by atoms with Crippen LogP contribution in [0.25, 0.3) is 6.08 Å². The number of rotatable bonds is 6. The quantitative estimate of drug-likeness (QED) is 0.384. The number of fused-ring (bicyclic) bond motifs is 1. The Bertz CT molecular complexity index is 1170. The van der Waals surface area contributed by atoms with E-state index in [1.54, 1.807) is 37.3 Å². The van der Waals surface area contributed by atoms with E-state index in [4.69, 9.17) is 25.8 Å². The highest BCUT2D eigenvalue weighted by molar-refractivity contribution is 6.32. The molecular weight excluding hydrogens is 416 g/mol. The van der Waals surface area contributed by atoms with Crippen LogP contribution < -0.4 is 9.47 Å². The minimum absolute atomic E-state index is 0.181. The van der Waals surface area contributed by atoms with Gasteiger partial charge in [-0.25, -0.2) is 4.79 Å². The summed E-state index contributed by atoms with van der Waals surface area (Å²) in [5, 5.41) is 0.525. The number of ketones is 1. The summed E-state index contributed by atoms with van der Waals surface area (Å²) in [5.74, 6) is 0.332. The second kappa shape index (κ2) is 9.06. The van der Waals surface area contributed by atoms with Crippen LogP contribution in [-0.2, 0) is 16.1 Å². The molecule has 156 valence electrons. The van der Waals surface area contributed by atoms with Crippen molar-refractivity contribution < 1.29 is 23.8 Å². The van der Waals surface area contributed by atoms with Crippen LogP contribution in [-0.4, -0.2) is 18.4 Å². The molecule has 4 rings (SSSR count). The van der Waals surface area contributed by atoms with Crippen molar-refractivity contribution in [2.45, 2.75) is 13.5 Å². The Morgan fingerprint density at radius 1 is 1.03 bits per heavy atom. The summed E-state index contributed by atoms with van der Waals surface area (Å²) in [7, 11) is 0. The summed E-state index contributed by atoms with van der Waals surface area (Å²) in [6.45, 7) is 1.71. The zero-order valence-corrected chi connectivity index (χ0v) is 17.5. The molecule has 0 spiro atoms. The Morgan fingerprint density at radius 2 is 1.77 bits per heavy atom. The topological polar surface area (TPSA) is 61.8 Å². The lowest BCUT2D eigenvalue weighted by molar-refractivity contribution is -0.147. The van der Waals surface area contributed by atoms with E-state index in [1.807, 2.05) is 42.5 Å². The minimum Gasteiger partial charge on any atom is -0.481 e. The Morgan fingerprint density at radius 3 is 2.55 bits per heavy atom. The van der Waals surface area contributed by atoms with Gasteiger partial charge in [-0.1, -0.05) is 60.1 Å². The number of benzene rings is 3. The fourth-order valence-electron chi connectivity index (χ4n) is 3.17. The lowest BCUT2D eigenvalue weighted by Gasteiger charge is -2.11. The molecule has 0 saturated carbocycles. The summed E-state index contributed by atoms with van der Waals surface area (Å²) >= 11 is 6.18. The Kier molecular flexibility index (Phi) is 6.05. The van der Waals surface area contributed by atoms with Crippen LogP contribution in [0.1, 0.15) is 27.0 Å². The second-order valence-corrected chi connectivity index (χ2v) is 7.37. The van der Waals surface area contributed by atoms with E-state index in [1.165, 1.54) is 0 Å². The zero-order chi connectivity index (χ0) is 21.8. The van der Waals surface area contributed by atoms with E-state index in [2.05, 4.69) is 0 Å². The van der Waals surface area contributed by atoms with Crippen LogP contribution in [0.4, 0.5) is 0 Å². The van der Waals surface area contributed by atoms with E-state index in [0.717, 1.165) is 5.56 Å². The first-order valence-electron chi connectivity index (χ1n) is 9.67. The molecule has 3 aromatic rings. The fraction of sp³-hybridized carbons (Fsp3) is 0.120. The van der Waals surface area contributed by atoms with E-state index in [-0.39, 0.29) is 24.8 Å². The number of allylic oxidation sites excluding steroid dienone is 1. The first-order chi connectivity index (χ1) is 15.0. The molecule has 0 aromatic heterocycles. The van der Waals surface area contributed by atoms with Gasteiger partial charge < -0.3 is 14.2 Å². The number of carbonyl (C=O) groups excluding carboxylic acids is 2. The van der Waals surface area contributed by atoms with Gasteiger partial charge in [0.1, 0.15) is 18.1 Å². The molecule has 0 bridgehead atoms. The lowest BCUT2D eigenvalue weighted by Crippen LogP contribution is -2.15. The van der Waals surface area contributed by atoms with Crippen molar-refractivity contribution >= 4 is 29.4 Å². The van der Waals surface area contributed by atoms with Crippen molar-refractivity contribution in [3.63, 3.8) is 0 Å². The third kappa shape index (κ3) is 4.62. The van der Waals surface area contributed by atoms with E-state index in [9.17, 15) is 9.59 Å². The van der Waals surface area contributed by atoms with Gasteiger partial charge in [0, 0.05) is 10.6 Å². The monoisotopic (exact) mass is 434 g/mol. The van der Waals surface area contributed by atoms with Crippen LogP contribution in [0, 0.1) is 6.92 Å². The number of hydrogen-bond donors (Lipinski definition) is 0. The van der Waals surface area contributed by atoms with Crippen LogP contribution in [0.15, 0.2) is 72.5 Å². The molecule has 3 aromatic carbocycles. The highest BCUT2D eigenvalue weighted by Gasteiger charge is 2.30. The van der Waals surface area contributed by atoms with Gasteiger partial charge in [0.15, 0.2) is 12.4 Å². The van der Waals surface area contributed by atoms with Crippen molar-refractivity contribution in [2.75, 3.05) is 6.61 Å². The van der Waals surface area contributed by atoms with Gasteiger partial charge in [-0.15, -0.1) is 0 Å². The fourth-order valence-corrected chi connectivity index (χ4v) is 3.36. The SMILES string of the molecule is Cc1c(OCC(=O)OCc2ccccc2)ccc2c1O/C(=C\c1ccccc1Cl)C2=O. The molecule has 6 heteroatoms. The van der Waals surface area contributed by atoms with Crippen molar-refractivity contribution in [2.24, 2.45) is 0 Å². The number of Topliss-reactive ketones (excluding diaryl/α,β-unsaturated/α-hetero) is 1. The van der Waals surface area contributed by atoms with Gasteiger partial charge in [0.2, 0.25) is 5.78 Å². The number of ether oxygens (including phenoxy) is 3. The highest BCUT2D eigenvalue weighted by Crippen LogP contribution is 2.39. The molecule has 0 N–H and O–H groups in total. The van der Waals surface area contributed by atoms with Crippen molar-refractivity contribution in [1.29, 1.82) is 0 Å². The molecule has 0 atom stereocenters. The van der Waals surface area contributed by atoms with Gasteiger partial charge in [-0.3, -0.25) is 4.79 Å². The van der Waals surface area contributed by atoms with Crippen molar-refractivity contribution in [3.8, 4) is 11.5 Å². The van der Waals surface area contributed by atoms with E-state index < -0.39 is 5.97 Å². The average molecular weight is 435 g/mol. The first-order valence-corrected chi connectivity index (χ1v) is 10.1. The predicted molar refractivity (Wildman–Crippen MR) is 117 cm³/mol. The summed E-state index contributed by atoms with van der Waals surface area (Å²) in [6, 6.07) is 19.9. The van der Waals surface area contributed by atoms with E-state index in [0.29, 0.717) is 33.2 Å². The normalized spacial score (nSPS) is 13.6. The van der Waals surface area contributed by atoms with Crippen LogP contribution in [0.2, 0.25) is 5.02 Å². The van der Waals surface area contributed by atoms with Crippen LogP contribution >= 0.6 is 11.6 Å². The lowest BCUT2D eigenvalue weighted by atomic mass is 10.1. The Balaban J connectivity index is 1.43. The molecule has 1 aliphatic heterocycles. The Labute approximate surface area is 184 Å².